The monoisotopic (exact) mass is 562 g/mol. The second-order valence-electron chi connectivity index (χ2n) is 9.25. The van der Waals surface area contributed by atoms with Gasteiger partial charge in [-0.15, -0.1) is 0 Å². The fourth-order valence-corrected chi connectivity index (χ4v) is 3.95. The predicted molar refractivity (Wildman–Crippen MR) is 165 cm³/mol. The normalized spacial score (nSPS) is 10.1. The van der Waals surface area contributed by atoms with E-state index in [4.69, 9.17) is 22.0 Å². The van der Waals surface area contributed by atoms with Crippen LogP contribution < -0.4 is 32.4 Å². The van der Waals surface area contributed by atoms with Gasteiger partial charge in [-0.1, -0.05) is 43.2 Å². The van der Waals surface area contributed by atoms with Gasteiger partial charge in [0, 0.05) is 18.2 Å². The highest BCUT2D eigenvalue weighted by Gasteiger charge is 2.12. The minimum Gasteiger partial charge on any atom is -0.480 e. The molecule has 0 fully saturated rings. The molecule has 1 amide bonds. The number of ether oxygens (including phenoxy) is 1. The molecular formula is C30H42N8O3. The fraction of sp³-hybridized carbons (Fsp3) is 0.333. The van der Waals surface area contributed by atoms with Crippen molar-refractivity contribution >= 4 is 34.5 Å². The van der Waals surface area contributed by atoms with Gasteiger partial charge in [0.2, 0.25) is 11.8 Å². The van der Waals surface area contributed by atoms with Crippen LogP contribution in [-0.4, -0.2) is 54.9 Å². The zero-order chi connectivity index (χ0) is 30.0. The first-order valence-corrected chi connectivity index (χ1v) is 13.5. The van der Waals surface area contributed by atoms with E-state index >= 15 is 0 Å². The van der Waals surface area contributed by atoms with Gasteiger partial charge in [-0.3, -0.25) is 9.80 Å². The second kappa shape index (κ2) is 18.0. The Bertz CT molecular complexity index is 1360. The Morgan fingerprint density at radius 3 is 2.44 bits per heavy atom. The van der Waals surface area contributed by atoms with E-state index in [1.807, 2.05) is 44.6 Å². The number of imidazole rings is 1. The zero-order valence-corrected chi connectivity index (χ0v) is 24.1. The molecule has 0 spiro atoms. The number of aromatic amines is 1. The van der Waals surface area contributed by atoms with Crippen LogP contribution in [0.15, 0.2) is 60.8 Å². The number of unbranched alkanes of at least 4 members (excludes halogenated alkanes) is 4. The molecule has 0 aliphatic heterocycles. The van der Waals surface area contributed by atoms with Crippen molar-refractivity contribution in [1.29, 1.82) is 0 Å². The molecule has 0 aliphatic carbocycles. The lowest BCUT2D eigenvalue weighted by molar-refractivity contribution is -0.116. The number of carbonyl (C=O) groups is 2. The SMILES string of the molecule is CNC.COc1nc2ccccc2cc1-c1cnc(CCCCCCC=O)[nH]1.NC(=O)CN(N)c1ccccc1N. The smallest absolute Gasteiger partial charge is 0.238 e. The van der Waals surface area contributed by atoms with E-state index in [9.17, 15) is 9.59 Å². The maximum Gasteiger partial charge on any atom is 0.238 e. The molecule has 220 valence electrons. The highest BCUT2D eigenvalue weighted by Crippen LogP contribution is 2.30. The number of rotatable bonds is 12. The Hall–Kier alpha value is -4.48. The molecule has 0 saturated carbocycles. The van der Waals surface area contributed by atoms with Crippen molar-refractivity contribution in [3.05, 3.63) is 66.6 Å². The average Bonchev–Trinajstić information content (AvgIpc) is 3.43. The number of anilines is 2. The predicted octanol–water partition coefficient (Wildman–Crippen LogP) is 3.60. The molecule has 0 atom stereocenters. The van der Waals surface area contributed by atoms with Crippen LogP contribution in [0.5, 0.6) is 5.88 Å². The van der Waals surface area contributed by atoms with Crippen molar-refractivity contribution in [2.75, 3.05) is 38.5 Å². The Morgan fingerprint density at radius 2 is 1.76 bits per heavy atom. The highest BCUT2D eigenvalue weighted by molar-refractivity contribution is 5.85. The number of H-pyrrole nitrogens is 1. The number of hydrogen-bond acceptors (Lipinski definition) is 9. The molecule has 0 bridgehead atoms. The summed E-state index contributed by atoms with van der Waals surface area (Å²) >= 11 is 0. The number of nitrogens with one attached hydrogen (secondary N) is 2. The largest absolute Gasteiger partial charge is 0.480 e. The standard InChI is InChI=1S/C20H23N3O2.C8H12N4O.C2H7N/c1-25-20-16(13-15-9-6-7-10-17(15)23-20)18-14-21-19(22-18)11-5-3-2-4-8-12-24;9-6-3-1-2-4-7(6)12(11)5-8(10)13;1-3-2/h6-7,9-10,12-14H,2-5,8,11H2,1H3,(H,21,22);1-4H,5,9,11H2,(H2,10,13);3H,1-2H3. The van der Waals surface area contributed by atoms with Crippen molar-refractivity contribution in [3.8, 4) is 17.1 Å². The summed E-state index contributed by atoms with van der Waals surface area (Å²) in [7, 11) is 5.39. The molecule has 8 N–H and O–H groups in total. The summed E-state index contributed by atoms with van der Waals surface area (Å²) in [6.07, 6.45) is 8.66. The lowest BCUT2D eigenvalue weighted by Gasteiger charge is -2.18. The van der Waals surface area contributed by atoms with Crippen molar-refractivity contribution in [2.24, 2.45) is 11.6 Å². The van der Waals surface area contributed by atoms with Gasteiger partial charge in [-0.05, 0) is 51.2 Å². The minimum absolute atomic E-state index is 0.0474. The number of amides is 1. The van der Waals surface area contributed by atoms with Gasteiger partial charge in [0.25, 0.3) is 0 Å². The van der Waals surface area contributed by atoms with Crippen molar-refractivity contribution in [2.45, 2.75) is 38.5 Å². The first kappa shape index (κ1) is 32.7. The number of hydrazine groups is 1. The molecule has 0 aliphatic rings. The van der Waals surface area contributed by atoms with E-state index < -0.39 is 5.91 Å². The van der Waals surface area contributed by atoms with Gasteiger partial charge in [-0.25, -0.2) is 15.8 Å². The number of carbonyl (C=O) groups excluding carboxylic acids is 2. The Balaban J connectivity index is 0.000000309. The minimum atomic E-state index is -0.495. The molecule has 4 rings (SSSR count). The van der Waals surface area contributed by atoms with Gasteiger partial charge < -0.3 is 31.3 Å². The summed E-state index contributed by atoms with van der Waals surface area (Å²) in [5.74, 6) is 6.63. The van der Waals surface area contributed by atoms with Crippen LogP contribution in [-0.2, 0) is 16.0 Å². The molecule has 0 saturated heterocycles. The zero-order valence-electron chi connectivity index (χ0n) is 24.1. The van der Waals surface area contributed by atoms with Crippen LogP contribution >= 0.6 is 0 Å². The summed E-state index contributed by atoms with van der Waals surface area (Å²) < 4.78 is 5.47. The third-order valence-electron chi connectivity index (χ3n) is 5.86. The number of hydrogen-bond donors (Lipinski definition) is 5. The number of para-hydroxylation sites is 3. The molecule has 4 aromatic rings. The number of aldehydes is 1. The number of nitrogen functional groups attached to an aromatic ring is 1. The molecule has 11 nitrogen and oxygen atoms in total. The Morgan fingerprint density at radius 1 is 1.07 bits per heavy atom. The molecular weight excluding hydrogens is 520 g/mol. The van der Waals surface area contributed by atoms with Crippen LogP contribution in [0.2, 0.25) is 0 Å². The number of pyridine rings is 1. The first-order valence-electron chi connectivity index (χ1n) is 13.5. The van der Waals surface area contributed by atoms with Gasteiger partial charge >= 0.3 is 0 Å². The third kappa shape index (κ3) is 10.9. The maximum absolute atomic E-state index is 10.6. The van der Waals surface area contributed by atoms with Gasteiger partial charge in [0.15, 0.2) is 0 Å². The van der Waals surface area contributed by atoms with Crippen molar-refractivity contribution < 1.29 is 14.3 Å². The number of aryl methyl sites for hydroxylation is 1. The van der Waals surface area contributed by atoms with Crippen LogP contribution in [0.1, 0.15) is 37.9 Å². The van der Waals surface area contributed by atoms with E-state index in [-0.39, 0.29) is 6.54 Å². The van der Waals surface area contributed by atoms with Crippen LogP contribution in [0.4, 0.5) is 11.4 Å². The summed E-state index contributed by atoms with van der Waals surface area (Å²) in [5.41, 5.74) is 14.5. The fourth-order valence-electron chi connectivity index (χ4n) is 3.95. The van der Waals surface area contributed by atoms with Gasteiger partial charge in [0.05, 0.1) is 41.5 Å². The lowest BCUT2D eigenvalue weighted by Crippen LogP contribution is -2.39. The third-order valence-corrected chi connectivity index (χ3v) is 5.86. The molecule has 0 unspecified atom stereocenters. The molecule has 2 aromatic carbocycles. The number of nitrogens with zero attached hydrogens (tertiary/aromatic N) is 3. The number of nitrogens with two attached hydrogens (primary N) is 3. The molecule has 0 radical (unpaired) electrons. The second-order valence-corrected chi connectivity index (χ2v) is 9.25. The van der Waals surface area contributed by atoms with Crippen LogP contribution in [0, 0.1) is 0 Å². The number of aromatic nitrogens is 3. The topological polar surface area (TPSA) is 178 Å². The van der Waals surface area contributed by atoms with E-state index in [0.29, 0.717) is 23.7 Å². The van der Waals surface area contributed by atoms with E-state index in [1.54, 1.807) is 31.4 Å². The number of primary amides is 1. The van der Waals surface area contributed by atoms with Crippen LogP contribution in [0.3, 0.4) is 0 Å². The summed E-state index contributed by atoms with van der Waals surface area (Å²) in [6, 6.07) is 17.1. The number of fused-ring (bicyclic) bond motifs is 1. The Labute approximate surface area is 241 Å². The number of methoxy groups -OCH3 is 1. The number of benzene rings is 2. The van der Waals surface area contributed by atoms with Gasteiger partial charge in [-0.2, -0.15) is 0 Å². The lowest BCUT2D eigenvalue weighted by atomic mass is 10.1. The summed E-state index contributed by atoms with van der Waals surface area (Å²) in [6.45, 7) is -0.0474. The van der Waals surface area contributed by atoms with Crippen LogP contribution in [0.25, 0.3) is 22.2 Å². The van der Waals surface area contributed by atoms with E-state index in [2.05, 4.69) is 26.3 Å². The quantitative estimate of drug-likeness (QED) is 0.0567. The maximum atomic E-state index is 10.6. The van der Waals surface area contributed by atoms with Gasteiger partial charge in [0.1, 0.15) is 18.7 Å². The average molecular weight is 563 g/mol. The molecule has 41 heavy (non-hydrogen) atoms. The van der Waals surface area contributed by atoms with Crippen molar-refractivity contribution in [1.82, 2.24) is 20.3 Å². The first-order chi connectivity index (χ1) is 19.8. The van der Waals surface area contributed by atoms with E-state index in [1.165, 1.54) is 5.01 Å². The molecule has 11 heteroatoms. The summed E-state index contributed by atoms with van der Waals surface area (Å²) in [4.78, 5) is 33.3. The van der Waals surface area contributed by atoms with Crippen molar-refractivity contribution in [3.63, 3.8) is 0 Å². The highest BCUT2D eigenvalue weighted by atomic mass is 16.5. The molecule has 2 heterocycles. The van der Waals surface area contributed by atoms with E-state index in [0.717, 1.165) is 66.4 Å². The summed E-state index contributed by atoms with van der Waals surface area (Å²) in [5, 5.41) is 5.04. The Kier molecular flexibility index (Phi) is 14.4. The molecule has 2 aromatic heterocycles.